The first-order chi connectivity index (χ1) is 9.81. The molecule has 0 bridgehead atoms. The molecule has 104 valence electrons. The first kappa shape index (κ1) is 15.5. The Kier molecular flexibility index (Phi) is 5.27. The molecule has 0 unspecified atom stereocenters. The van der Waals surface area contributed by atoms with E-state index in [1.165, 1.54) is 32.6 Å². The molecule has 4 heterocycles. The molecule has 0 aromatic carbocycles. The summed E-state index contributed by atoms with van der Waals surface area (Å²) >= 11 is 18.5. The van der Waals surface area contributed by atoms with Gasteiger partial charge in [0.2, 0.25) is 0 Å². The fourth-order valence-electron chi connectivity index (χ4n) is 1.61. The predicted octanol–water partition coefficient (Wildman–Crippen LogP) is 3.65. The maximum atomic E-state index is 5.62. The van der Waals surface area contributed by atoms with Crippen molar-refractivity contribution in [2.45, 2.75) is 0 Å². The van der Waals surface area contributed by atoms with Gasteiger partial charge in [0.05, 0.1) is 0 Å². The Hall–Kier alpha value is 1.93. The molecule has 0 fully saturated rings. The zero-order valence-electron chi connectivity index (χ0n) is 9.74. The Morgan fingerprint density at radius 3 is 2.20 bits per heavy atom. The summed E-state index contributed by atoms with van der Waals surface area (Å²) in [5.74, 6) is 2.51. The summed E-state index contributed by atoms with van der Waals surface area (Å²) in [6.45, 7) is 0. The molecule has 0 saturated carbocycles. The molecule has 1 aromatic rings. The molecular weight excluding hydrogens is 515 g/mol. The summed E-state index contributed by atoms with van der Waals surface area (Å²) in [4.78, 5) is 4.70. The first-order valence-electron chi connectivity index (χ1n) is 5.54. The van der Waals surface area contributed by atoms with Crippen LogP contribution in [0.1, 0.15) is 0 Å². The van der Waals surface area contributed by atoms with Crippen LogP contribution in [-0.2, 0) is 0 Å². The van der Waals surface area contributed by atoms with Crippen LogP contribution >= 0.6 is 81.9 Å². The van der Waals surface area contributed by atoms with Gasteiger partial charge in [-0.25, -0.2) is 0 Å². The number of hydrogen-bond acceptors (Lipinski definition) is 7. The third-order valence-electron chi connectivity index (χ3n) is 2.41. The van der Waals surface area contributed by atoms with Crippen LogP contribution < -0.4 is 8.38 Å². The third-order valence-corrected chi connectivity index (χ3v) is 18.2. The van der Waals surface area contributed by atoms with Gasteiger partial charge in [-0.3, -0.25) is 0 Å². The quantitative estimate of drug-likeness (QED) is 0.377. The van der Waals surface area contributed by atoms with E-state index in [9.17, 15) is 0 Å². The van der Waals surface area contributed by atoms with Crippen molar-refractivity contribution in [2.75, 3.05) is 11.5 Å². The summed E-state index contributed by atoms with van der Waals surface area (Å²) in [7, 11) is 0. The van der Waals surface area contributed by atoms with Crippen LogP contribution in [0.25, 0.3) is 7.61 Å². The second-order valence-electron chi connectivity index (χ2n) is 3.67. The summed E-state index contributed by atoms with van der Waals surface area (Å²) in [5, 5.41) is 0. The van der Waals surface area contributed by atoms with E-state index in [4.69, 9.17) is 12.2 Å². The van der Waals surface area contributed by atoms with Gasteiger partial charge < -0.3 is 0 Å². The molecule has 0 amide bonds. The zero-order chi connectivity index (χ0) is 13.5. The van der Waals surface area contributed by atoms with Gasteiger partial charge in [0.15, 0.2) is 0 Å². The van der Waals surface area contributed by atoms with E-state index in [2.05, 4.69) is 9.95 Å². The molecule has 0 N–H and O–H groups in total. The minimum absolute atomic E-state index is 0.562. The van der Waals surface area contributed by atoms with E-state index in [-0.39, 0.29) is 0 Å². The van der Waals surface area contributed by atoms with Crippen molar-refractivity contribution >= 4 is 119 Å². The van der Waals surface area contributed by atoms with E-state index >= 15 is 0 Å². The number of rotatable bonds is 0. The second kappa shape index (κ2) is 6.81. The molecule has 20 heavy (non-hydrogen) atoms. The van der Waals surface area contributed by atoms with Crippen LogP contribution in [0.3, 0.4) is 0 Å². The second-order valence-corrected chi connectivity index (χ2v) is 16.8. The predicted molar refractivity (Wildman–Crippen MR) is 107 cm³/mol. The van der Waals surface area contributed by atoms with Crippen LogP contribution in [-0.4, -0.2) is 41.4 Å². The van der Waals surface area contributed by atoms with E-state index in [1.54, 1.807) is 3.37 Å². The SMILES string of the molecule is S=c1sc(=C2SC3=C(SCCS3)S2)sc1=C1[Se]C=C[Se]1. The van der Waals surface area contributed by atoms with E-state index < -0.39 is 0 Å². The van der Waals surface area contributed by atoms with Gasteiger partial charge in [-0.05, 0) is 0 Å². The maximum absolute atomic E-state index is 5.62. The van der Waals surface area contributed by atoms with Gasteiger partial charge >= 0.3 is 162 Å². The van der Waals surface area contributed by atoms with Crippen LogP contribution in [0.15, 0.2) is 18.4 Å². The molecule has 0 atom stereocenters. The first-order valence-corrected chi connectivity index (χ1v) is 14.9. The summed E-state index contributed by atoms with van der Waals surface area (Å²) in [5.41, 5.74) is 0. The Morgan fingerprint density at radius 2 is 1.55 bits per heavy atom. The van der Waals surface area contributed by atoms with Gasteiger partial charge in [0.25, 0.3) is 0 Å². The monoisotopic (exact) mass is 522 g/mol. The molecule has 0 aliphatic carbocycles. The Morgan fingerprint density at radius 1 is 0.900 bits per heavy atom. The number of hydrogen-bond donors (Lipinski definition) is 0. The van der Waals surface area contributed by atoms with Gasteiger partial charge in [-0.1, -0.05) is 0 Å². The molecule has 0 spiro atoms. The summed E-state index contributed by atoms with van der Waals surface area (Å²) in [6.07, 6.45) is 0. The van der Waals surface area contributed by atoms with Crippen molar-refractivity contribution in [1.82, 2.24) is 0 Å². The third kappa shape index (κ3) is 3.11. The molecule has 0 radical (unpaired) electrons. The molecule has 3 aliphatic rings. The van der Waals surface area contributed by atoms with Gasteiger partial charge in [0.1, 0.15) is 0 Å². The normalized spacial score (nSPS) is 22.0. The van der Waals surface area contributed by atoms with Crippen molar-refractivity contribution < 1.29 is 0 Å². The molecule has 4 rings (SSSR count). The average Bonchev–Trinajstić information content (AvgIpc) is 3.16. The Labute approximate surface area is 159 Å². The van der Waals surface area contributed by atoms with E-state index in [1.807, 2.05) is 69.7 Å². The molecule has 0 saturated heterocycles. The van der Waals surface area contributed by atoms with E-state index in [0.717, 1.165) is 3.82 Å². The van der Waals surface area contributed by atoms with Crippen LogP contribution in [0.4, 0.5) is 0 Å². The Bertz CT molecular complexity index is 767. The van der Waals surface area contributed by atoms with Crippen molar-refractivity contribution in [1.29, 1.82) is 0 Å². The number of thioether (sulfide) groups is 4. The molecule has 0 nitrogen and oxygen atoms in total. The summed E-state index contributed by atoms with van der Waals surface area (Å²) in [6, 6.07) is 0. The minimum atomic E-state index is 0.562. The van der Waals surface area contributed by atoms with Crippen LogP contribution in [0.5, 0.6) is 0 Å². The topological polar surface area (TPSA) is 0 Å². The van der Waals surface area contributed by atoms with Crippen molar-refractivity contribution in [3.05, 3.63) is 30.6 Å². The molecule has 9 heteroatoms. The average molecular weight is 521 g/mol. The fraction of sp³-hybridized carbons (Fsp3) is 0.182. The summed E-state index contributed by atoms with van der Waals surface area (Å²) < 4.78 is 10.1. The van der Waals surface area contributed by atoms with Crippen LogP contribution in [0, 0.1) is 3.82 Å². The van der Waals surface area contributed by atoms with Gasteiger partial charge in [0, 0.05) is 0 Å². The molecular formula is C11H6S7Se2. The van der Waals surface area contributed by atoms with Gasteiger partial charge in [-0.2, -0.15) is 0 Å². The van der Waals surface area contributed by atoms with Crippen LogP contribution in [0.2, 0.25) is 0 Å². The van der Waals surface area contributed by atoms with Crippen molar-refractivity contribution in [3.63, 3.8) is 0 Å². The zero-order valence-corrected chi connectivity index (χ0v) is 18.9. The standard InChI is InChI=1S/C11H6S7Se2/c12-6-5(11-19-3-4-20-11)15-9(16-6)10-17-7-8(18-10)14-2-1-13-7/h3-4H,1-2H2. The Balaban J connectivity index is 1.78. The van der Waals surface area contributed by atoms with Gasteiger partial charge in [-0.15, -0.1) is 0 Å². The van der Waals surface area contributed by atoms with E-state index in [0.29, 0.717) is 29.9 Å². The van der Waals surface area contributed by atoms with Crippen molar-refractivity contribution in [3.8, 4) is 0 Å². The molecule has 3 aliphatic heterocycles. The molecule has 1 aromatic heterocycles. The van der Waals surface area contributed by atoms with Crippen molar-refractivity contribution in [2.24, 2.45) is 0 Å². The fourth-order valence-corrected chi connectivity index (χ4v) is 17.0.